The fourth-order valence-corrected chi connectivity index (χ4v) is 7.99. The van der Waals surface area contributed by atoms with Gasteiger partial charge in [0, 0.05) is 60.2 Å². The van der Waals surface area contributed by atoms with E-state index in [1.54, 1.807) is 48.8 Å². The van der Waals surface area contributed by atoms with Crippen molar-refractivity contribution in [1.29, 1.82) is 10.5 Å². The smallest absolute Gasteiger partial charge is 0.334 e. The third-order valence-electron chi connectivity index (χ3n) is 11.5. The molecule has 2 aromatic heterocycles. The van der Waals surface area contributed by atoms with Gasteiger partial charge < -0.3 is 38.6 Å². The number of nitrogens with zero attached hydrogens (tertiary/aromatic N) is 4. The Hall–Kier alpha value is -8.22. The maximum Gasteiger partial charge on any atom is 0.334 e. The number of methoxy groups -OCH3 is 2. The molecule has 0 fully saturated rings. The number of rotatable bonds is 23. The number of aromatic nitrogens is 2. The normalized spacial score (nSPS) is 11.6. The minimum Gasteiger partial charge on any atom is -0.488 e. The van der Waals surface area contributed by atoms with E-state index < -0.39 is 35.8 Å². The summed E-state index contributed by atoms with van der Waals surface area (Å²) in [6, 6.07) is 23.7. The number of hydrogen-bond donors (Lipinski definition) is 3. The van der Waals surface area contributed by atoms with Crippen molar-refractivity contribution in [2.45, 2.75) is 65.7 Å². The molecule has 6 aromatic rings. The maximum atomic E-state index is 12.2. The Bertz CT molecular complexity index is 2880. The van der Waals surface area contributed by atoms with Crippen molar-refractivity contribution < 1.29 is 57.8 Å². The number of carbonyl (C=O) groups excluding carboxylic acids is 2. The van der Waals surface area contributed by atoms with Crippen molar-refractivity contribution in [2.75, 3.05) is 14.2 Å². The van der Waals surface area contributed by atoms with Crippen LogP contribution in [0.5, 0.6) is 23.0 Å². The highest BCUT2D eigenvalue weighted by Gasteiger charge is 2.29. The van der Waals surface area contributed by atoms with Gasteiger partial charge in [-0.2, -0.15) is 10.5 Å². The first-order valence-corrected chi connectivity index (χ1v) is 22.8. The molecule has 72 heavy (non-hydrogen) atoms. The lowest BCUT2D eigenvalue weighted by atomic mass is 9.92. The van der Waals surface area contributed by atoms with Crippen molar-refractivity contribution in [3.63, 3.8) is 0 Å². The van der Waals surface area contributed by atoms with Crippen LogP contribution in [-0.4, -0.2) is 64.3 Å². The Morgan fingerprint density at radius 2 is 1.08 bits per heavy atom. The van der Waals surface area contributed by atoms with E-state index in [0.29, 0.717) is 39.1 Å². The molecule has 17 nitrogen and oxygen atoms in total. The number of aryl methyl sites for hydroxylation is 1. The van der Waals surface area contributed by atoms with E-state index in [9.17, 15) is 39.9 Å². The zero-order valence-electron chi connectivity index (χ0n) is 39.4. The number of halogens is 2. The van der Waals surface area contributed by atoms with Gasteiger partial charge in [-0.25, -0.2) is 9.59 Å². The van der Waals surface area contributed by atoms with Gasteiger partial charge in [0.2, 0.25) is 6.04 Å². The SMILES string of the molecule is COC(=O)[C@H](CCc1cc(Cl)c(OCc2cccc(-c3cccc(COc4cc(OCc5cncc(C#N)c5)c(CN[C@H](C(=O)O)C(=O)OC)cc4Cl)c3C)c2C)cc1OCc1cncc(C#N)c1)C(=O)O. The highest BCUT2D eigenvalue weighted by Crippen LogP contribution is 2.38. The quantitative estimate of drug-likeness (QED) is 0.0401. The van der Waals surface area contributed by atoms with E-state index in [1.807, 2.05) is 62.4 Å². The van der Waals surface area contributed by atoms with Gasteiger partial charge in [-0.15, -0.1) is 0 Å². The van der Waals surface area contributed by atoms with Crippen LogP contribution in [0.2, 0.25) is 10.0 Å². The summed E-state index contributed by atoms with van der Waals surface area (Å²) in [4.78, 5) is 56.3. The zero-order chi connectivity index (χ0) is 51.9. The molecule has 0 spiro atoms. The number of nitriles is 2. The third kappa shape index (κ3) is 13.6. The third-order valence-corrected chi connectivity index (χ3v) is 12.1. The number of hydrogen-bond acceptors (Lipinski definition) is 15. The van der Waals surface area contributed by atoms with Crippen LogP contribution in [0.3, 0.4) is 0 Å². The maximum absolute atomic E-state index is 12.2. The summed E-state index contributed by atoms with van der Waals surface area (Å²) in [5.41, 5.74) is 8.23. The van der Waals surface area contributed by atoms with E-state index in [-0.39, 0.29) is 73.1 Å². The number of pyridine rings is 2. The zero-order valence-corrected chi connectivity index (χ0v) is 40.9. The largest absolute Gasteiger partial charge is 0.488 e. The number of nitrogens with one attached hydrogen (secondary N) is 1. The van der Waals surface area contributed by atoms with Crippen LogP contribution in [0.25, 0.3) is 11.1 Å². The number of benzene rings is 4. The standard InChI is InChI=1S/C53H47Cl2N5O12/c1-30-37(28-71-47-17-45(69-26-34-13-32(19-56)21-58-23-34)36(15-43(47)54)11-12-42(50(61)62)52(65)67-3)7-5-9-40(30)41-10-6-8-38(31(41)2)29-72-48-18-46(70-27-35-14-33(20-57)22-59-24-35)39(16-44(48)55)25-60-49(51(63)64)53(66)68-4/h5-10,13-18,21-24,42,49,60H,11-12,25-29H2,1-4H3,(H,61,62)(H,63,64)/t42-,49-/m1/s1. The molecule has 0 aliphatic carbocycles. The van der Waals surface area contributed by atoms with Gasteiger partial charge in [0.25, 0.3) is 0 Å². The number of carbonyl (C=O) groups is 4. The van der Waals surface area contributed by atoms with E-state index in [2.05, 4.69) is 20.0 Å². The summed E-state index contributed by atoms with van der Waals surface area (Å²) in [5.74, 6) is -4.89. The van der Waals surface area contributed by atoms with Gasteiger partial charge in [-0.1, -0.05) is 59.6 Å². The lowest BCUT2D eigenvalue weighted by Crippen LogP contribution is -2.43. The van der Waals surface area contributed by atoms with Crippen LogP contribution in [-0.2, 0) is 68.0 Å². The predicted octanol–water partition coefficient (Wildman–Crippen LogP) is 8.65. The predicted molar refractivity (Wildman–Crippen MR) is 261 cm³/mol. The molecule has 0 radical (unpaired) electrons. The van der Waals surface area contributed by atoms with Crippen LogP contribution in [0.15, 0.2) is 97.6 Å². The van der Waals surface area contributed by atoms with Crippen LogP contribution < -0.4 is 24.3 Å². The number of carboxylic acids is 2. The van der Waals surface area contributed by atoms with E-state index in [4.69, 9.17) is 46.9 Å². The summed E-state index contributed by atoms with van der Waals surface area (Å²) in [6.07, 6.45) is 5.96. The van der Waals surface area contributed by atoms with Crippen molar-refractivity contribution >= 4 is 47.1 Å². The van der Waals surface area contributed by atoms with Crippen LogP contribution in [0.1, 0.15) is 62.1 Å². The van der Waals surface area contributed by atoms with E-state index >= 15 is 0 Å². The molecular weight excluding hydrogens is 970 g/mol. The molecular formula is C53H47Cl2N5O12. The molecule has 19 heteroatoms. The Kier molecular flexibility index (Phi) is 18.5. The first kappa shape index (κ1) is 53.1. The molecule has 0 saturated carbocycles. The Morgan fingerprint density at radius 3 is 1.54 bits per heavy atom. The van der Waals surface area contributed by atoms with Crippen molar-refractivity contribution in [3.05, 3.63) is 163 Å². The van der Waals surface area contributed by atoms with Crippen molar-refractivity contribution in [2.24, 2.45) is 5.92 Å². The molecule has 0 saturated heterocycles. The second-order valence-electron chi connectivity index (χ2n) is 16.1. The molecule has 0 amide bonds. The highest BCUT2D eigenvalue weighted by molar-refractivity contribution is 6.32. The molecule has 2 atom stereocenters. The molecule has 0 unspecified atom stereocenters. The van der Waals surface area contributed by atoms with Gasteiger partial charge in [-0.3, -0.25) is 24.9 Å². The average Bonchev–Trinajstić information content (AvgIpc) is 3.37. The molecule has 0 bridgehead atoms. The van der Waals surface area contributed by atoms with Crippen LogP contribution in [0.4, 0.5) is 0 Å². The summed E-state index contributed by atoms with van der Waals surface area (Å²) < 4.78 is 34.3. The van der Waals surface area contributed by atoms with Crippen LogP contribution >= 0.6 is 23.2 Å². The monoisotopic (exact) mass is 1020 g/mol. The Labute approximate surface area is 424 Å². The second kappa shape index (κ2) is 25.1. The first-order valence-electron chi connectivity index (χ1n) is 22.0. The van der Waals surface area contributed by atoms with Gasteiger partial charge >= 0.3 is 23.9 Å². The summed E-state index contributed by atoms with van der Waals surface area (Å²) >= 11 is 13.6. The fraction of sp³-hybridized carbons (Fsp3) is 0.245. The van der Waals surface area contributed by atoms with E-state index in [1.165, 1.54) is 12.4 Å². The van der Waals surface area contributed by atoms with Gasteiger partial charge in [0.1, 0.15) is 61.6 Å². The minimum absolute atomic E-state index is 0.00983. The first-order chi connectivity index (χ1) is 34.6. The molecule has 0 aliphatic heterocycles. The molecule has 370 valence electrons. The van der Waals surface area contributed by atoms with E-state index in [0.717, 1.165) is 47.6 Å². The second-order valence-corrected chi connectivity index (χ2v) is 16.9. The summed E-state index contributed by atoms with van der Waals surface area (Å²) in [6.45, 7) is 4.01. The van der Waals surface area contributed by atoms with Gasteiger partial charge in [0.05, 0.1) is 35.4 Å². The Morgan fingerprint density at radius 1 is 0.611 bits per heavy atom. The van der Waals surface area contributed by atoms with Crippen LogP contribution in [0, 0.1) is 42.4 Å². The van der Waals surface area contributed by atoms with Gasteiger partial charge in [-0.05, 0) is 89.9 Å². The highest BCUT2D eigenvalue weighted by atomic mass is 35.5. The van der Waals surface area contributed by atoms with Crippen molar-refractivity contribution in [1.82, 2.24) is 15.3 Å². The summed E-state index contributed by atoms with van der Waals surface area (Å²) in [7, 11) is 2.21. The number of carboxylic acid groups (broad SMARTS) is 2. The molecule has 4 aromatic carbocycles. The average molecular weight is 1020 g/mol. The summed E-state index contributed by atoms with van der Waals surface area (Å²) in [5, 5.41) is 41.1. The number of aliphatic carboxylic acids is 2. The van der Waals surface area contributed by atoms with Gasteiger partial charge in [0.15, 0.2) is 5.92 Å². The Balaban J connectivity index is 1.22. The number of esters is 2. The lowest BCUT2D eigenvalue weighted by Gasteiger charge is -2.19. The molecule has 3 N–H and O–H groups in total. The molecule has 0 aliphatic rings. The molecule has 2 heterocycles. The number of ether oxygens (including phenoxy) is 6. The van der Waals surface area contributed by atoms with Crippen molar-refractivity contribution in [3.8, 4) is 46.3 Å². The lowest BCUT2D eigenvalue weighted by molar-refractivity contribution is -0.157. The minimum atomic E-state index is -1.66. The fourth-order valence-electron chi connectivity index (χ4n) is 7.51. The molecule has 6 rings (SSSR count). The topological polar surface area (TPSA) is 250 Å².